The molecule has 0 aliphatic carbocycles. The van der Waals surface area contributed by atoms with Gasteiger partial charge >= 0.3 is 0 Å². The van der Waals surface area contributed by atoms with E-state index in [4.69, 9.17) is 9.47 Å². The predicted octanol–water partition coefficient (Wildman–Crippen LogP) is 2.13. The van der Waals surface area contributed by atoms with E-state index in [0.29, 0.717) is 0 Å². The largest absolute Gasteiger partial charge is 0.492 e. The van der Waals surface area contributed by atoms with Gasteiger partial charge in [-0.15, -0.1) is 0 Å². The zero-order chi connectivity index (χ0) is 16.6. The first-order valence-electron chi connectivity index (χ1n) is 9.30. The van der Waals surface area contributed by atoms with Gasteiger partial charge in [0.1, 0.15) is 12.4 Å². The number of benzene rings is 1. The van der Waals surface area contributed by atoms with Gasteiger partial charge in [-0.3, -0.25) is 10.3 Å². The van der Waals surface area contributed by atoms with Crippen LogP contribution < -0.4 is 10.2 Å². The Hall–Kier alpha value is -1.14. The van der Waals surface area contributed by atoms with E-state index in [2.05, 4.69) is 46.5 Å². The van der Waals surface area contributed by atoms with Crippen molar-refractivity contribution in [2.75, 3.05) is 52.5 Å². The normalized spacial score (nSPS) is 23.3. The van der Waals surface area contributed by atoms with Gasteiger partial charge in [-0.1, -0.05) is 19.1 Å². The van der Waals surface area contributed by atoms with Crippen LogP contribution in [-0.2, 0) is 11.3 Å². The summed E-state index contributed by atoms with van der Waals surface area (Å²) in [5.74, 6) is 1.80. The molecular formula is C19H31N3O2. The van der Waals surface area contributed by atoms with Gasteiger partial charge < -0.3 is 9.47 Å². The number of likely N-dealkylation sites (tertiary alicyclic amines) is 1. The minimum absolute atomic E-state index is 0.776. The number of rotatable bonds is 7. The van der Waals surface area contributed by atoms with Gasteiger partial charge in [0.15, 0.2) is 0 Å². The van der Waals surface area contributed by atoms with Crippen LogP contribution in [0.15, 0.2) is 24.3 Å². The number of nitrogens with one attached hydrogen (secondary N) is 1. The van der Waals surface area contributed by atoms with Crippen LogP contribution in [0.4, 0.5) is 0 Å². The molecule has 5 nitrogen and oxygen atoms in total. The van der Waals surface area contributed by atoms with E-state index in [1.54, 1.807) is 0 Å². The van der Waals surface area contributed by atoms with Crippen molar-refractivity contribution in [3.05, 3.63) is 29.8 Å². The van der Waals surface area contributed by atoms with Crippen molar-refractivity contribution in [3.8, 4) is 5.75 Å². The van der Waals surface area contributed by atoms with Gasteiger partial charge in [0.05, 0.1) is 13.2 Å². The molecule has 2 fully saturated rings. The highest BCUT2D eigenvalue weighted by molar-refractivity contribution is 5.27. The van der Waals surface area contributed by atoms with Crippen LogP contribution in [0.1, 0.15) is 25.3 Å². The Balaban J connectivity index is 1.35. The maximum atomic E-state index is 5.90. The van der Waals surface area contributed by atoms with E-state index in [0.717, 1.165) is 57.7 Å². The standard InChI is InChI=1S/C19H31N3O2/c1-17-3-2-8-21(16-17)9-14-24-19-6-4-18(5-7-19)15-20-22-10-12-23-13-11-22/h4-7,17,20H,2-3,8-16H2,1H3. The highest BCUT2D eigenvalue weighted by Gasteiger charge is 2.15. The highest BCUT2D eigenvalue weighted by Crippen LogP contribution is 2.16. The molecule has 0 aromatic heterocycles. The second-order valence-electron chi connectivity index (χ2n) is 6.97. The van der Waals surface area contributed by atoms with Crippen LogP contribution in [0.3, 0.4) is 0 Å². The monoisotopic (exact) mass is 333 g/mol. The SMILES string of the molecule is CC1CCCN(CCOc2ccc(CNN3CCOCC3)cc2)C1. The van der Waals surface area contributed by atoms with Crippen molar-refractivity contribution in [1.82, 2.24) is 15.3 Å². The first kappa shape index (κ1) is 17.7. The van der Waals surface area contributed by atoms with Gasteiger partial charge in [0, 0.05) is 32.7 Å². The second-order valence-corrected chi connectivity index (χ2v) is 6.97. The van der Waals surface area contributed by atoms with E-state index in [-0.39, 0.29) is 0 Å². The Bertz CT molecular complexity index is 474. The fourth-order valence-electron chi connectivity index (χ4n) is 3.41. The van der Waals surface area contributed by atoms with Crippen LogP contribution in [0.2, 0.25) is 0 Å². The smallest absolute Gasteiger partial charge is 0.119 e. The van der Waals surface area contributed by atoms with Crippen molar-refractivity contribution >= 4 is 0 Å². The average Bonchev–Trinajstić information content (AvgIpc) is 2.62. The summed E-state index contributed by atoms with van der Waals surface area (Å²) in [7, 11) is 0. The van der Waals surface area contributed by atoms with Crippen molar-refractivity contribution < 1.29 is 9.47 Å². The number of hydrogen-bond donors (Lipinski definition) is 1. The van der Waals surface area contributed by atoms with E-state index >= 15 is 0 Å². The molecule has 5 heteroatoms. The quantitative estimate of drug-likeness (QED) is 0.827. The van der Waals surface area contributed by atoms with Gasteiger partial charge in [-0.2, -0.15) is 0 Å². The van der Waals surface area contributed by atoms with Gasteiger partial charge in [-0.05, 0) is 43.0 Å². The summed E-state index contributed by atoms with van der Waals surface area (Å²) >= 11 is 0. The Morgan fingerprint density at radius 2 is 1.96 bits per heavy atom. The summed E-state index contributed by atoms with van der Waals surface area (Å²) in [6, 6.07) is 8.45. The Morgan fingerprint density at radius 1 is 1.17 bits per heavy atom. The van der Waals surface area contributed by atoms with Gasteiger partial charge in [-0.25, -0.2) is 5.01 Å². The molecule has 0 bridgehead atoms. The lowest BCUT2D eigenvalue weighted by Gasteiger charge is -2.30. The van der Waals surface area contributed by atoms with Gasteiger partial charge in [0.25, 0.3) is 0 Å². The number of ether oxygens (including phenoxy) is 2. The molecule has 3 rings (SSSR count). The number of piperidine rings is 1. The third kappa shape index (κ3) is 5.74. The van der Waals surface area contributed by atoms with Crippen molar-refractivity contribution in [2.24, 2.45) is 5.92 Å². The van der Waals surface area contributed by atoms with Crippen molar-refractivity contribution in [2.45, 2.75) is 26.3 Å². The van der Waals surface area contributed by atoms with Crippen molar-refractivity contribution in [1.29, 1.82) is 0 Å². The fraction of sp³-hybridized carbons (Fsp3) is 0.684. The topological polar surface area (TPSA) is 37.0 Å². The maximum absolute atomic E-state index is 5.90. The minimum Gasteiger partial charge on any atom is -0.492 e. The van der Waals surface area contributed by atoms with Crippen LogP contribution in [0, 0.1) is 5.92 Å². The third-order valence-corrected chi connectivity index (χ3v) is 4.86. The molecule has 2 aliphatic heterocycles. The van der Waals surface area contributed by atoms with E-state index in [1.807, 2.05) is 0 Å². The first-order valence-corrected chi connectivity index (χ1v) is 9.30. The molecule has 0 spiro atoms. The van der Waals surface area contributed by atoms with Crippen LogP contribution >= 0.6 is 0 Å². The maximum Gasteiger partial charge on any atom is 0.119 e. The molecule has 0 radical (unpaired) electrons. The zero-order valence-corrected chi connectivity index (χ0v) is 14.9. The molecule has 1 aromatic rings. The lowest BCUT2D eigenvalue weighted by molar-refractivity contribution is 0.0106. The van der Waals surface area contributed by atoms with E-state index < -0.39 is 0 Å². The molecule has 2 saturated heterocycles. The van der Waals surface area contributed by atoms with E-state index in [1.165, 1.54) is 31.5 Å². The molecule has 1 N–H and O–H groups in total. The number of hydrogen-bond acceptors (Lipinski definition) is 5. The molecule has 134 valence electrons. The third-order valence-electron chi connectivity index (χ3n) is 4.86. The summed E-state index contributed by atoms with van der Waals surface area (Å²) in [6.45, 7) is 11.0. The summed E-state index contributed by atoms with van der Waals surface area (Å²) in [5.41, 5.74) is 4.73. The summed E-state index contributed by atoms with van der Waals surface area (Å²) < 4.78 is 11.3. The average molecular weight is 333 g/mol. The Morgan fingerprint density at radius 3 is 2.71 bits per heavy atom. The van der Waals surface area contributed by atoms with E-state index in [9.17, 15) is 0 Å². The lowest BCUT2D eigenvalue weighted by atomic mass is 10.0. The lowest BCUT2D eigenvalue weighted by Crippen LogP contribution is -2.45. The van der Waals surface area contributed by atoms with Crippen molar-refractivity contribution in [3.63, 3.8) is 0 Å². The molecule has 2 heterocycles. The zero-order valence-electron chi connectivity index (χ0n) is 14.9. The molecule has 24 heavy (non-hydrogen) atoms. The molecule has 1 aromatic carbocycles. The Labute approximate surface area is 145 Å². The summed E-state index contributed by atoms with van der Waals surface area (Å²) in [6.07, 6.45) is 2.70. The molecular weight excluding hydrogens is 302 g/mol. The summed E-state index contributed by atoms with van der Waals surface area (Å²) in [5, 5.41) is 2.23. The molecule has 2 aliphatic rings. The highest BCUT2D eigenvalue weighted by atomic mass is 16.5. The number of nitrogens with zero attached hydrogens (tertiary/aromatic N) is 2. The molecule has 1 atom stereocenters. The Kier molecular flexibility index (Phi) is 6.90. The van der Waals surface area contributed by atoms with Crippen LogP contribution in [-0.4, -0.2) is 62.5 Å². The van der Waals surface area contributed by atoms with Crippen LogP contribution in [0.25, 0.3) is 0 Å². The minimum atomic E-state index is 0.776. The molecule has 0 amide bonds. The van der Waals surface area contributed by atoms with Crippen LogP contribution in [0.5, 0.6) is 5.75 Å². The molecule has 1 unspecified atom stereocenters. The second kappa shape index (κ2) is 9.37. The van der Waals surface area contributed by atoms with Gasteiger partial charge in [0.2, 0.25) is 0 Å². The summed E-state index contributed by atoms with van der Waals surface area (Å²) in [4.78, 5) is 2.52. The first-order chi connectivity index (χ1) is 11.8. The number of morpholine rings is 1. The predicted molar refractivity (Wildman–Crippen MR) is 96.0 cm³/mol. The fourth-order valence-corrected chi connectivity index (χ4v) is 3.41. The number of hydrazine groups is 1. The molecule has 0 saturated carbocycles.